The molecule has 0 spiro atoms. The van der Waals surface area contributed by atoms with Gasteiger partial charge in [-0.2, -0.15) is 0 Å². The van der Waals surface area contributed by atoms with Gasteiger partial charge in [0.2, 0.25) is 0 Å². The molecule has 3 heteroatoms. The van der Waals surface area contributed by atoms with Crippen molar-refractivity contribution < 1.29 is 5.11 Å². The number of fused-ring (bicyclic) bond motifs is 5. The molecule has 0 radical (unpaired) electrons. The van der Waals surface area contributed by atoms with Crippen LogP contribution in [0.5, 0.6) is 5.75 Å². The second-order valence-corrected chi connectivity index (χ2v) is 8.13. The van der Waals surface area contributed by atoms with Crippen LogP contribution < -0.4 is 5.56 Å². The maximum Gasteiger partial charge on any atom is 0.263 e. The highest BCUT2D eigenvalue weighted by molar-refractivity contribution is 5.93. The second kappa shape index (κ2) is 6.35. The van der Waals surface area contributed by atoms with E-state index in [-0.39, 0.29) is 11.3 Å². The topological polar surface area (TPSA) is 42.2 Å². The first-order chi connectivity index (χ1) is 13.9. The van der Waals surface area contributed by atoms with E-state index in [0.717, 1.165) is 46.1 Å². The number of benzene rings is 3. The number of pyridine rings is 1. The summed E-state index contributed by atoms with van der Waals surface area (Å²) in [6, 6.07) is 17.6. The number of rotatable bonds is 1. The Labute approximate surface area is 169 Å². The first-order valence-corrected chi connectivity index (χ1v) is 10.0. The lowest BCUT2D eigenvalue weighted by molar-refractivity contribution is 0.475. The van der Waals surface area contributed by atoms with Crippen LogP contribution in [-0.4, -0.2) is 9.67 Å². The second-order valence-electron chi connectivity index (χ2n) is 8.13. The van der Waals surface area contributed by atoms with Gasteiger partial charge in [0.25, 0.3) is 5.56 Å². The number of nitrogens with zero attached hydrogens (tertiary/aromatic N) is 1. The van der Waals surface area contributed by atoms with Crippen LogP contribution in [0.2, 0.25) is 0 Å². The number of phenolic OH excluding ortho intramolecular Hbond substituents is 1. The maximum absolute atomic E-state index is 13.7. The summed E-state index contributed by atoms with van der Waals surface area (Å²) in [5.41, 5.74) is 8.95. The first-order valence-electron chi connectivity index (χ1n) is 10.0. The molecule has 0 atom stereocenters. The summed E-state index contributed by atoms with van der Waals surface area (Å²) >= 11 is 0. The number of phenols is 1. The molecule has 0 bridgehead atoms. The average Bonchev–Trinajstić information content (AvgIpc) is 2.70. The molecule has 0 unspecified atom stereocenters. The Bertz CT molecular complexity index is 1340. The Morgan fingerprint density at radius 2 is 1.52 bits per heavy atom. The minimum atomic E-state index is -0.0130. The highest BCUT2D eigenvalue weighted by Crippen LogP contribution is 2.38. The predicted octanol–water partition coefficient (Wildman–Crippen LogP) is 5.39. The van der Waals surface area contributed by atoms with Crippen molar-refractivity contribution in [1.82, 2.24) is 4.57 Å². The Hall–Kier alpha value is -3.33. The van der Waals surface area contributed by atoms with E-state index in [1.807, 2.05) is 22.8 Å². The lowest BCUT2D eigenvalue weighted by atomic mass is 9.84. The molecule has 0 amide bonds. The fraction of sp³-hybridized carbons (Fsp3) is 0.192. The number of aryl methyl sites for hydroxylation is 5. The average molecular weight is 381 g/mol. The lowest BCUT2D eigenvalue weighted by Crippen LogP contribution is -2.24. The van der Waals surface area contributed by atoms with Gasteiger partial charge in [0.05, 0.1) is 5.69 Å². The predicted molar refractivity (Wildman–Crippen MR) is 118 cm³/mol. The first kappa shape index (κ1) is 17.7. The van der Waals surface area contributed by atoms with Gasteiger partial charge in [-0.25, -0.2) is 0 Å². The maximum atomic E-state index is 13.7. The molecule has 5 rings (SSSR count). The summed E-state index contributed by atoms with van der Waals surface area (Å²) in [6.07, 6.45) is 1.88. The van der Waals surface area contributed by atoms with E-state index in [9.17, 15) is 9.90 Å². The van der Waals surface area contributed by atoms with Crippen molar-refractivity contribution in [3.63, 3.8) is 0 Å². The Kier molecular flexibility index (Phi) is 3.88. The van der Waals surface area contributed by atoms with Gasteiger partial charge in [-0.15, -0.1) is 0 Å². The van der Waals surface area contributed by atoms with Crippen LogP contribution in [0.15, 0.2) is 59.4 Å². The number of hydrogen-bond donors (Lipinski definition) is 1. The molecule has 144 valence electrons. The lowest BCUT2D eigenvalue weighted by Gasteiger charge is -2.26. The zero-order valence-electron chi connectivity index (χ0n) is 16.9. The van der Waals surface area contributed by atoms with E-state index in [1.165, 1.54) is 22.3 Å². The summed E-state index contributed by atoms with van der Waals surface area (Å²) < 4.78 is 1.83. The highest BCUT2D eigenvalue weighted by Gasteiger charge is 2.25. The SMILES string of the molecule is Cc1ccc2c(c1)CCc1c-2n(-c2ccc(O)cc2)c(=O)c2cc(C)c(C)cc12. The van der Waals surface area contributed by atoms with Crippen LogP contribution in [0.1, 0.15) is 27.8 Å². The van der Waals surface area contributed by atoms with Gasteiger partial charge in [-0.3, -0.25) is 9.36 Å². The number of hydrogen-bond acceptors (Lipinski definition) is 2. The Morgan fingerprint density at radius 3 is 2.24 bits per heavy atom. The molecule has 1 heterocycles. The van der Waals surface area contributed by atoms with Crippen molar-refractivity contribution in [1.29, 1.82) is 0 Å². The van der Waals surface area contributed by atoms with Gasteiger partial charge in [0, 0.05) is 16.6 Å². The van der Waals surface area contributed by atoms with Gasteiger partial charge in [0.15, 0.2) is 0 Å². The molecule has 0 aliphatic heterocycles. The van der Waals surface area contributed by atoms with Crippen LogP contribution in [0, 0.1) is 20.8 Å². The minimum absolute atomic E-state index is 0.0130. The number of aromatic nitrogens is 1. The zero-order chi connectivity index (χ0) is 20.3. The molecule has 1 aromatic heterocycles. The summed E-state index contributed by atoms with van der Waals surface area (Å²) in [6.45, 7) is 6.26. The normalized spacial score (nSPS) is 12.7. The molecule has 0 saturated carbocycles. The Balaban J connectivity index is 1.98. The molecule has 0 fully saturated rings. The van der Waals surface area contributed by atoms with Gasteiger partial charge in [0.1, 0.15) is 5.75 Å². The molecule has 1 aliphatic rings. The van der Waals surface area contributed by atoms with Crippen LogP contribution in [0.4, 0.5) is 0 Å². The van der Waals surface area contributed by atoms with Crippen molar-refractivity contribution in [3.05, 3.63) is 92.8 Å². The van der Waals surface area contributed by atoms with Gasteiger partial charge in [-0.05, 0) is 91.6 Å². The molecule has 29 heavy (non-hydrogen) atoms. The summed E-state index contributed by atoms with van der Waals surface area (Å²) in [7, 11) is 0. The molecular formula is C26H23NO2. The monoisotopic (exact) mass is 381 g/mol. The standard InChI is InChI=1S/C26H23NO2/c1-15-4-10-21-18(12-15)5-11-22-23-13-16(2)17(3)14-24(23)26(29)27(25(21)22)19-6-8-20(28)9-7-19/h4,6-10,12-14,28H,5,11H2,1-3H3. The van der Waals surface area contributed by atoms with E-state index in [4.69, 9.17) is 0 Å². The molecule has 3 aromatic carbocycles. The molecular weight excluding hydrogens is 358 g/mol. The highest BCUT2D eigenvalue weighted by atomic mass is 16.3. The van der Waals surface area contributed by atoms with Crippen LogP contribution in [-0.2, 0) is 12.8 Å². The van der Waals surface area contributed by atoms with Crippen molar-refractivity contribution >= 4 is 10.8 Å². The molecule has 1 aliphatic carbocycles. The molecule has 3 nitrogen and oxygen atoms in total. The fourth-order valence-electron chi connectivity index (χ4n) is 4.53. The van der Waals surface area contributed by atoms with E-state index >= 15 is 0 Å². The summed E-state index contributed by atoms with van der Waals surface area (Å²) in [4.78, 5) is 13.7. The van der Waals surface area contributed by atoms with E-state index in [1.54, 1.807) is 12.1 Å². The van der Waals surface area contributed by atoms with Gasteiger partial charge < -0.3 is 5.11 Å². The van der Waals surface area contributed by atoms with E-state index in [0.29, 0.717) is 0 Å². The largest absolute Gasteiger partial charge is 0.508 e. The smallest absolute Gasteiger partial charge is 0.263 e. The molecule has 4 aromatic rings. The van der Waals surface area contributed by atoms with Crippen LogP contribution >= 0.6 is 0 Å². The zero-order valence-corrected chi connectivity index (χ0v) is 16.9. The minimum Gasteiger partial charge on any atom is -0.508 e. The summed E-state index contributed by atoms with van der Waals surface area (Å²) in [5.74, 6) is 0.193. The van der Waals surface area contributed by atoms with Gasteiger partial charge in [-0.1, -0.05) is 29.8 Å². The van der Waals surface area contributed by atoms with Crippen molar-refractivity contribution in [3.8, 4) is 22.7 Å². The summed E-state index contributed by atoms with van der Waals surface area (Å²) in [5, 5.41) is 11.6. The third-order valence-electron chi connectivity index (χ3n) is 6.17. The third-order valence-corrected chi connectivity index (χ3v) is 6.17. The quantitative estimate of drug-likeness (QED) is 0.480. The molecule has 1 N–H and O–H groups in total. The van der Waals surface area contributed by atoms with Crippen LogP contribution in [0.3, 0.4) is 0 Å². The van der Waals surface area contributed by atoms with Crippen molar-refractivity contribution in [2.45, 2.75) is 33.6 Å². The van der Waals surface area contributed by atoms with E-state index < -0.39 is 0 Å². The molecule has 0 saturated heterocycles. The van der Waals surface area contributed by atoms with Crippen molar-refractivity contribution in [2.24, 2.45) is 0 Å². The van der Waals surface area contributed by atoms with Crippen LogP contribution in [0.25, 0.3) is 27.7 Å². The third kappa shape index (κ3) is 2.69. The van der Waals surface area contributed by atoms with Gasteiger partial charge >= 0.3 is 0 Å². The fourth-order valence-corrected chi connectivity index (χ4v) is 4.53. The number of aromatic hydroxyl groups is 1. The van der Waals surface area contributed by atoms with Crippen molar-refractivity contribution in [2.75, 3.05) is 0 Å². The van der Waals surface area contributed by atoms with E-state index in [2.05, 4.69) is 45.0 Å². The Morgan fingerprint density at radius 1 is 0.828 bits per heavy atom.